The Labute approximate surface area is 607 Å². The van der Waals surface area contributed by atoms with Crippen LogP contribution in [0.5, 0.6) is 0 Å². The predicted molar refractivity (Wildman–Crippen MR) is 387 cm³/mol. The molecule has 0 saturated carbocycles. The van der Waals surface area contributed by atoms with Crippen molar-refractivity contribution in [2.75, 3.05) is 126 Å². The zero-order chi connectivity index (χ0) is 77.0. The van der Waals surface area contributed by atoms with Crippen LogP contribution in [-0.4, -0.2) is 233 Å². The molecule has 8 rings (SSSR count). The van der Waals surface area contributed by atoms with E-state index in [9.17, 15) is 55.3 Å². The van der Waals surface area contributed by atoms with E-state index in [0.717, 1.165) is 36.8 Å². The fraction of sp³-hybridized carbons (Fsp3) is 0.776. The summed E-state index contributed by atoms with van der Waals surface area (Å²) in [5, 5.41) is 17.4. The van der Waals surface area contributed by atoms with Crippen molar-refractivity contribution in [1.82, 2.24) is 0 Å². The molecular formula is C58H108BO34P10. The van der Waals surface area contributed by atoms with Crippen LogP contribution in [0.4, 0.5) is 0 Å². The fourth-order valence-electron chi connectivity index (χ4n) is 9.11. The van der Waals surface area contributed by atoms with Gasteiger partial charge in [0.05, 0.1) is 89.5 Å². The molecule has 2 aromatic carbocycles. The molecule has 6 heterocycles. The SMILES string of the molecule is CC1CC[C@@H](COP(C)(C)=O)O1.CP(C)(=O)OC[C@@H]1CCC(O)O1.CP(C)(=O)OC[C@@H]1CCC(OP(C)(=O)OP(C)(C)=O)O1.CP(C)(=O)OC[C@@H]1CCC(OP(C)(C)=O)O1.O=C1CC[C@@H](CO)O1.O=P(O)(O)OP(=O)(O)OC1CC[C@@H](COP(=O)(OCc2ccccc2)OCc2ccccc2)O1.[B]. The number of hydrogen-bond acceptors (Lipinski definition) is 31. The number of aliphatic hydroxyl groups excluding tert-OH is 2. The summed E-state index contributed by atoms with van der Waals surface area (Å²) in [5.74, 6) is -0.191. The second-order valence-electron chi connectivity index (χ2n) is 26.2. The largest absolute Gasteiger partial charge is 0.483 e. The summed E-state index contributed by atoms with van der Waals surface area (Å²) in [6.45, 7) is 22.8. The number of benzene rings is 2. The van der Waals surface area contributed by atoms with Gasteiger partial charge >= 0.3 is 37.0 Å². The molecule has 0 aromatic heterocycles. The number of phosphoric acid groups is 3. The lowest BCUT2D eigenvalue weighted by Crippen LogP contribution is -2.18. The quantitative estimate of drug-likeness (QED) is 0.0258. The summed E-state index contributed by atoms with van der Waals surface area (Å²) in [5.41, 5.74) is 1.51. The van der Waals surface area contributed by atoms with Crippen LogP contribution in [0, 0.1) is 0 Å². The monoisotopic (exact) mass is 1670 g/mol. The van der Waals surface area contributed by atoms with Gasteiger partial charge in [-0.25, -0.2) is 13.7 Å². The van der Waals surface area contributed by atoms with Gasteiger partial charge in [-0.2, -0.15) is 4.31 Å². The number of esters is 1. The van der Waals surface area contributed by atoms with Gasteiger partial charge in [0.25, 0.3) is 0 Å². The minimum Gasteiger partial charge on any atom is -0.460 e. The van der Waals surface area contributed by atoms with Gasteiger partial charge in [0, 0.05) is 127 Å². The lowest BCUT2D eigenvalue weighted by atomic mass is 10.2. The van der Waals surface area contributed by atoms with Crippen molar-refractivity contribution in [2.45, 2.75) is 165 Å². The number of carbonyl (C=O) groups is 1. The highest BCUT2D eigenvalue weighted by Gasteiger charge is 2.41. The van der Waals surface area contributed by atoms with Crippen LogP contribution in [0.3, 0.4) is 0 Å². The van der Waals surface area contributed by atoms with E-state index in [1.807, 2.05) is 12.1 Å². The second-order valence-corrected chi connectivity index (χ2v) is 49.4. The predicted octanol–water partition coefficient (Wildman–Crippen LogP) is 12.8. The molecule has 0 spiro atoms. The van der Waals surface area contributed by atoms with Gasteiger partial charge in [0.15, 0.2) is 62.0 Å². The molecule has 13 atom stereocenters. The van der Waals surface area contributed by atoms with E-state index in [4.69, 9.17) is 88.7 Å². The standard InChI is InChI=1S/C19H25O12P3.C10H23O7P3.C9H20O5P2.C8H17O3P.C7H15O4P.C5H8O3.B/c20-32(21,22)31-33(23,24)30-19-12-11-18(29-19)15-28-34(25,26-13-16-7-3-1-4-8-16)27-14-17-9-5-2-6-10-17;1-18(2,11)14-8-9-6-7-10(15-9)16-20(5,13)17-19(3,4)12;1-15(2,10)12-7-8-5-6-9(13-8)14-16(3,4)11;1-7-4-5-8(11-7)6-10-12(2,3)9;1-12(2,9)10-5-6-3-4-7(8)11-6;6-3-4-1-2-5(7)8-4;/h1-10,18-19H,11-15H2,(H,23,24)(H2,20,21,22);9-10H,6-8H2,1-5H3;8-9H,5-7H2,1-4H3;7-8H,4-6H2,1-3H3;6-8H,3-5H2,1-2H3;4,6H,1-3H2;/t18-,19?;9-,10?,20?;8-,9?;7?,8-;6-,7?;4-;/m000000./s1. The molecule has 2 aromatic rings. The van der Waals surface area contributed by atoms with Crippen molar-refractivity contribution in [2.24, 2.45) is 0 Å². The van der Waals surface area contributed by atoms with E-state index in [1.165, 1.54) is 33.3 Å². The van der Waals surface area contributed by atoms with E-state index in [2.05, 4.69) is 20.5 Å². The molecule has 34 nitrogen and oxygen atoms in total. The van der Waals surface area contributed by atoms with Crippen LogP contribution in [0.2, 0.25) is 0 Å². The zero-order valence-electron chi connectivity index (χ0n) is 60.9. The number of hydrogen-bond donors (Lipinski definition) is 5. The van der Waals surface area contributed by atoms with Crippen molar-refractivity contribution < 1.29 is 158 Å². The maximum atomic E-state index is 13.2. The number of ether oxygens (including phenoxy) is 6. The molecule has 6 aliphatic heterocycles. The van der Waals surface area contributed by atoms with Gasteiger partial charge in [-0.05, 0) is 63.0 Å². The fourth-order valence-corrected chi connectivity index (χ4v) is 18.4. The molecule has 6 saturated heterocycles. The molecule has 7 unspecified atom stereocenters. The van der Waals surface area contributed by atoms with Gasteiger partial charge in [0.1, 0.15) is 6.10 Å². The Morgan fingerprint density at radius 1 is 0.408 bits per heavy atom. The first-order valence-corrected chi connectivity index (χ1v) is 54.1. The van der Waals surface area contributed by atoms with Gasteiger partial charge < -0.3 is 71.4 Å². The minimum atomic E-state index is -5.25. The van der Waals surface area contributed by atoms with Crippen molar-refractivity contribution in [3.8, 4) is 0 Å². The molecule has 6 fully saturated rings. The molecule has 45 heteroatoms. The summed E-state index contributed by atoms with van der Waals surface area (Å²) in [7, 11) is -32.9. The summed E-state index contributed by atoms with van der Waals surface area (Å²) in [4.78, 5) is 37.1. The van der Waals surface area contributed by atoms with Crippen LogP contribution in [-0.2, 0) is 146 Å². The number of aliphatic hydroxyl groups is 2. The van der Waals surface area contributed by atoms with E-state index in [1.54, 1.807) is 102 Å². The van der Waals surface area contributed by atoms with Crippen LogP contribution in [0.1, 0.15) is 95.1 Å². The summed E-state index contributed by atoms with van der Waals surface area (Å²) in [6.07, 6.45) is 3.81. The normalized spacial score (nSPS) is 25.8. The van der Waals surface area contributed by atoms with Gasteiger partial charge in [-0.15, -0.1) is 0 Å². The number of carbonyl (C=O) groups excluding carboxylic acids is 1. The third-order valence-corrected chi connectivity index (χ3v) is 24.2. The molecule has 103 heavy (non-hydrogen) atoms. The Bertz CT molecular complexity index is 3210. The topological polar surface area (TPSA) is 455 Å². The van der Waals surface area contributed by atoms with Crippen molar-refractivity contribution in [3.05, 3.63) is 71.8 Å². The van der Waals surface area contributed by atoms with Gasteiger partial charge in [-0.3, -0.25) is 68.2 Å². The zero-order valence-corrected chi connectivity index (χ0v) is 69.8. The maximum absolute atomic E-state index is 13.2. The number of rotatable bonds is 32. The van der Waals surface area contributed by atoms with Gasteiger partial charge in [0.2, 0.25) is 7.37 Å². The van der Waals surface area contributed by atoms with Crippen molar-refractivity contribution in [1.29, 1.82) is 0 Å². The molecule has 0 amide bonds. The van der Waals surface area contributed by atoms with E-state index in [0.29, 0.717) is 64.4 Å². The number of phosphoric ester groups is 2. The maximum Gasteiger partial charge on any atom is 0.483 e. The third kappa shape index (κ3) is 50.8. The highest BCUT2D eigenvalue weighted by atomic mass is 31.3. The third-order valence-electron chi connectivity index (χ3n) is 13.4. The minimum absolute atomic E-state index is 0. The molecule has 597 valence electrons. The number of cyclic esters (lactones) is 1. The molecule has 0 bridgehead atoms. The van der Waals surface area contributed by atoms with Crippen LogP contribution < -0.4 is 0 Å². The van der Waals surface area contributed by atoms with E-state index < -0.39 is 107 Å². The molecule has 3 radical (unpaired) electrons. The first kappa shape index (κ1) is 98.5. The first-order chi connectivity index (χ1) is 46.8. The van der Waals surface area contributed by atoms with Gasteiger partial charge in [-0.1, -0.05) is 60.7 Å². The Hall–Kier alpha value is -0.605. The summed E-state index contributed by atoms with van der Waals surface area (Å²) in [6, 6.07) is 18.0. The Kier molecular flexibility index (Phi) is 43.8. The van der Waals surface area contributed by atoms with E-state index >= 15 is 0 Å². The van der Waals surface area contributed by atoms with Crippen LogP contribution in [0.15, 0.2) is 60.7 Å². The molecule has 6 aliphatic rings. The Morgan fingerprint density at radius 2 is 0.777 bits per heavy atom. The second kappa shape index (κ2) is 45.8. The smallest absolute Gasteiger partial charge is 0.460 e. The highest BCUT2D eigenvalue weighted by molar-refractivity contribution is 7.68. The first-order valence-electron chi connectivity index (χ1n) is 32.5. The molecular weight excluding hydrogens is 1560 g/mol. The van der Waals surface area contributed by atoms with Crippen molar-refractivity contribution in [3.63, 3.8) is 0 Å². The van der Waals surface area contributed by atoms with Crippen LogP contribution in [0.25, 0.3) is 0 Å². The van der Waals surface area contributed by atoms with Crippen molar-refractivity contribution >= 4 is 89.7 Å². The average molecular weight is 1670 g/mol. The summed E-state index contributed by atoms with van der Waals surface area (Å²) < 4.78 is 208. The lowest BCUT2D eigenvalue weighted by Gasteiger charge is -2.21. The molecule has 0 aliphatic carbocycles. The Morgan fingerprint density at radius 3 is 1.10 bits per heavy atom. The van der Waals surface area contributed by atoms with E-state index in [-0.39, 0.29) is 90.8 Å². The highest BCUT2D eigenvalue weighted by Crippen LogP contribution is 2.61. The van der Waals surface area contributed by atoms with Crippen LogP contribution >= 0.6 is 75.3 Å². The Balaban J connectivity index is 0.000000449. The molecule has 5 N–H and O–H groups in total. The summed E-state index contributed by atoms with van der Waals surface area (Å²) >= 11 is 0. The lowest BCUT2D eigenvalue weighted by molar-refractivity contribution is -0.142. The average Bonchev–Trinajstić information content (AvgIpc) is 1.79.